The first-order valence-corrected chi connectivity index (χ1v) is 7.51. The number of rotatable bonds is 3. The second kappa shape index (κ2) is 5.70. The fourth-order valence-electron chi connectivity index (χ4n) is 1.68. The smallest absolute Gasteiger partial charge is 0.0960 e. The van der Waals surface area contributed by atoms with Crippen LogP contribution in [0, 0.1) is 13.8 Å². The molecule has 1 unspecified atom stereocenters. The molecule has 1 atom stereocenters. The van der Waals surface area contributed by atoms with Gasteiger partial charge in [-0.2, -0.15) is 0 Å². The molecule has 0 bridgehead atoms. The van der Waals surface area contributed by atoms with Crippen LogP contribution in [0.4, 0.5) is 0 Å². The molecule has 2 rings (SSSR count). The lowest BCUT2D eigenvalue weighted by Gasteiger charge is -2.10. The van der Waals surface area contributed by atoms with E-state index in [4.69, 9.17) is 11.6 Å². The maximum atomic E-state index is 10.2. The minimum absolute atomic E-state index is 0.520. The predicted octanol–water partition coefficient (Wildman–Crippen LogP) is 4.45. The second-order valence-corrected chi connectivity index (χ2v) is 6.81. The first kappa shape index (κ1) is 14.0. The van der Waals surface area contributed by atoms with Gasteiger partial charge in [-0.25, -0.2) is 4.98 Å². The minimum atomic E-state index is -0.579. The highest BCUT2D eigenvalue weighted by molar-refractivity contribution is 9.10. The number of aliphatic hydroxyl groups is 1. The number of halogens is 2. The van der Waals surface area contributed by atoms with Crippen LogP contribution >= 0.6 is 38.9 Å². The van der Waals surface area contributed by atoms with Gasteiger partial charge in [-0.1, -0.05) is 27.5 Å². The molecule has 1 heterocycles. The quantitative estimate of drug-likeness (QED) is 0.890. The van der Waals surface area contributed by atoms with E-state index in [1.807, 2.05) is 19.9 Å². The topological polar surface area (TPSA) is 33.1 Å². The summed E-state index contributed by atoms with van der Waals surface area (Å²) in [7, 11) is 0. The summed E-state index contributed by atoms with van der Waals surface area (Å²) in [5.41, 5.74) is 1.84. The maximum absolute atomic E-state index is 10.2. The number of thiazole rings is 1. The lowest BCUT2D eigenvalue weighted by atomic mass is 10.1. The zero-order valence-electron chi connectivity index (χ0n) is 10.1. The van der Waals surface area contributed by atoms with Crippen molar-refractivity contribution in [3.63, 3.8) is 0 Å². The Kier molecular flexibility index (Phi) is 4.43. The van der Waals surface area contributed by atoms with E-state index in [0.29, 0.717) is 11.4 Å². The third-order valence-corrected chi connectivity index (χ3v) is 4.48. The molecule has 96 valence electrons. The Labute approximate surface area is 124 Å². The van der Waals surface area contributed by atoms with Gasteiger partial charge in [0, 0.05) is 20.8 Å². The summed E-state index contributed by atoms with van der Waals surface area (Å²) in [5, 5.41) is 11.8. The van der Waals surface area contributed by atoms with E-state index in [-0.39, 0.29) is 0 Å². The fourth-order valence-corrected chi connectivity index (χ4v) is 3.53. The Hall–Kier alpha value is -0.420. The summed E-state index contributed by atoms with van der Waals surface area (Å²) >= 11 is 11.0. The van der Waals surface area contributed by atoms with Crippen molar-refractivity contribution >= 4 is 38.9 Å². The van der Waals surface area contributed by atoms with E-state index in [2.05, 4.69) is 20.9 Å². The van der Waals surface area contributed by atoms with Gasteiger partial charge < -0.3 is 5.11 Å². The molecule has 0 aliphatic heterocycles. The van der Waals surface area contributed by atoms with Crippen LogP contribution in [0.15, 0.2) is 22.7 Å². The van der Waals surface area contributed by atoms with Crippen molar-refractivity contribution < 1.29 is 5.11 Å². The summed E-state index contributed by atoms with van der Waals surface area (Å²) in [5.74, 6) is 0. The van der Waals surface area contributed by atoms with E-state index < -0.39 is 6.10 Å². The van der Waals surface area contributed by atoms with Crippen molar-refractivity contribution in [1.29, 1.82) is 0 Å². The third kappa shape index (κ3) is 3.32. The second-order valence-electron chi connectivity index (χ2n) is 4.17. The van der Waals surface area contributed by atoms with Gasteiger partial charge in [0.2, 0.25) is 0 Å². The Morgan fingerprint density at radius 2 is 2.11 bits per heavy atom. The lowest BCUT2D eigenvalue weighted by Crippen LogP contribution is -2.01. The van der Waals surface area contributed by atoms with Crippen LogP contribution in [0.1, 0.15) is 27.2 Å². The highest BCUT2D eigenvalue weighted by atomic mass is 79.9. The number of hydrogen-bond donors (Lipinski definition) is 1. The number of aromatic nitrogens is 1. The van der Waals surface area contributed by atoms with Gasteiger partial charge in [0.15, 0.2) is 0 Å². The van der Waals surface area contributed by atoms with Crippen molar-refractivity contribution in [2.75, 3.05) is 0 Å². The van der Waals surface area contributed by atoms with Gasteiger partial charge in [0.05, 0.1) is 16.8 Å². The van der Waals surface area contributed by atoms with Crippen LogP contribution in [-0.2, 0) is 6.42 Å². The average molecular weight is 347 g/mol. The van der Waals surface area contributed by atoms with Crippen LogP contribution in [0.25, 0.3) is 0 Å². The highest BCUT2D eigenvalue weighted by Crippen LogP contribution is 2.27. The monoisotopic (exact) mass is 345 g/mol. The molecular formula is C13H13BrClNOS. The molecule has 0 fully saturated rings. The number of hydrogen-bond acceptors (Lipinski definition) is 3. The molecule has 1 aromatic carbocycles. The van der Waals surface area contributed by atoms with Gasteiger partial charge in [-0.15, -0.1) is 11.3 Å². The molecule has 1 aromatic heterocycles. The van der Waals surface area contributed by atoms with Gasteiger partial charge in [-0.3, -0.25) is 0 Å². The first-order valence-electron chi connectivity index (χ1n) is 5.52. The SMILES string of the molecule is Cc1nc(CC(O)c2cc(Cl)cc(Br)c2)sc1C. The molecule has 0 saturated carbocycles. The molecular weight excluding hydrogens is 334 g/mol. The van der Waals surface area contributed by atoms with E-state index in [1.54, 1.807) is 23.5 Å². The third-order valence-electron chi connectivity index (χ3n) is 2.71. The molecule has 0 amide bonds. The number of benzene rings is 1. The lowest BCUT2D eigenvalue weighted by molar-refractivity contribution is 0.178. The molecule has 0 saturated heterocycles. The van der Waals surface area contributed by atoms with Crippen molar-refractivity contribution in [3.8, 4) is 0 Å². The van der Waals surface area contributed by atoms with Crippen molar-refractivity contribution in [2.45, 2.75) is 26.4 Å². The number of aliphatic hydroxyl groups excluding tert-OH is 1. The zero-order chi connectivity index (χ0) is 13.3. The molecule has 2 aromatic rings. The Balaban J connectivity index is 2.18. The molecule has 0 aliphatic rings. The Morgan fingerprint density at radius 1 is 1.39 bits per heavy atom. The summed E-state index contributed by atoms with van der Waals surface area (Å²) in [6.45, 7) is 4.02. The first-order chi connectivity index (χ1) is 8.45. The van der Waals surface area contributed by atoms with Crippen molar-refractivity contribution in [2.24, 2.45) is 0 Å². The van der Waals surface area contributed by atoms with Gasteiger partial charge in [-0.05, 0) is 37.6 Å². The van der Waals surface area contributed by atoms with Crippen LogP contribution in [-0.4, -0.2) is 10.1 Å². The molecule has 0 radical (unpaired) electrons. The van der Waals surface area contributed by atoms with Crippen molar-refractivity contribution in [3.05, 3.63) is 48.8 Å². The van der Waals surface area contributed by atoms with E-state index in [0.717, 1.165) is 20.7 Å². The highest BCUT2D eigenvalue weighted by Gasteiger charge is 2.13. The molecule has 0 spiro atoms. The van der Waals surface area contributed by atoms with E-state index in [9.17, 15) is 5.11 Å². The average Bonchev–Trinajstić information content (AvgIpc) is 2.56. The zero-order valence-corrected chi connectivity index (χ0v) is 13.2. The predicted molar refractivity (Wildman–Crippen MR) is 79.4 cm³/mol. The van der Waals surface area contributed by atoms with Crippen molar-refractivity contribution in [1.82, 2.24) is 4.98 Å². The minimum Gasteiger partial charge on any atom is -0.388 e. The van der Waals surface area contributed by atoms with Crippen LogP contribution in [0.5, 0.6) is 0 Å². The normalized spacial score (nSPS) is 12.7. The fraction of sp³-hybridized carbons (Fsp3) is 0.308. The largest absolute Gasteiger partial charge is 0.388 e. The van der Waals surface area contributed by atoms with Crippen LogP contribution < -0.4 is 0 Å². The molecule has 1 N–H and O–H groups in total. The van der Waals surface area contributed by atoms with Crippen LogP contribution in [0.3, 0.4) is 0 Å². The van der Waals surface area contributed by atoms with Gasteiger partial charge in [0.1, 0.15) is 0 Å². The number of nitrogens with zero attached hydrogens (tertiary/aromatic N) is 1. The van der Waals surface area contributed by atoms with E-state index in [1.165, 1.54) is 4.88 Å². The van der Waals surface area contributed by atoms with Crippen LogP contribution in [0.2, 0.25) is 5.02 Å². The Bertz CT molecular complexity index is 530. The Morgan fingerprint density at radius 3 is 2.67 bits per heavy atom. The summed E-state index contributed by atoms with van der Waals surface area (Å²) in [4.78, 5) is 5.63. The van der Waals surface area contributed by atoms with E-state index >= 15 is 0 Å². The molecule has 0 aliphatic carbocycles. The molecule has 2 nitrogen and oxygen atoms in total. The maximum Gasteiger partial charge on any atom is 0.0960 e. The van der Waals surface area contributed by atoms with Gasteiger partial charge in [0.25, 0.3) is 0 Å². The summed E-state index contributed by atoms with van der Waals surface area (Å²) in [6, 6.07) is 5.46. The number of aryl methyl sites for hydroxylation is 2. The summed E-state index contributed by atoms with van der Waals surface area (Å²) in [6.07, 6.45) is -0.0588. The molecule has 18 heavy (non-hydrogen) atoms. The standard InChI is InChI=1S/C13H13BrClNOS/c1-7-8(2)18-13(16-7)6-12(17)9-3-10(14)5-11(15)4-9/h3-5,12,17H,6H2,1-2H3. The summed E-state index contributed by atoms with van der Waals surface area (Å²) < 4.78 is 0.871. The van der Waals surface area contributed by atoms with Gasteiger partial charge >= 0.3 is 0 Å². The molecule has 5 heteroatoms.